The van der Waals surface area contributed by atoms with E-state index in [1.54, 1.807) is 13.8 Å². The van der Waals surface area contributed by atoms with Crippen LogP contribution in [-0.4, -0.2) is 20.2 Å². The zero-order valence-electron chi connectivity index (χ0n) is 10.4. The van der Waals surface area contributed by atoms with Crippen LogP contribution >= 0.6 is 12.2 Å². The average Bonchev–Trinajstić information content (AvgIpc) is 2.38. The van der Waals surface area contributed by atoms with Gasteiger partial charge in [-0.2, -0.15) is 5.54 Å². The molecule has 106 valence electrons. The lowest BCUT2D eigenvalue weighted by atomic mass is 9.86. The highest BCUT2D eigenvalue weighted by Crippen LogP contribution is 2.24. The second-order valence-corrected chi connectivity index (χ2v) is 6.66. The lowest BCUT2D eigenvalue weighted by Crippen LogP contribution is -2.35. The number of alkyl halides is 1. The minimum Gasteiger partial charge on any atom is -0.254 e. The largest absolute Gasteiger partial charge is 0.263 e. The summed E-state index contributed by atoms with van der Waals surface area (Å²) in [5.41, 5.74) is 1.01. The van der Waals surface area contributed by atoms with Crippen molar-refractivity contribution in [2.24, 2.45) is 0 Å². The third kappa shape index (κ3) is 3.84. The number of benzene rings is 1. The van der Waals surface area contributed by atoms with Crippen LogP contribution in [-0.2, 0) is 15.4 Å². The molecule has 0 heterocycles. The van der Waals surface area contributed by atoms with Crippen LogP contribution in [0.25, 0.3) is 0 Å². The number of rotatable bonds is 4. The van der Waals surface area contributed by atoms with E-state index in [1.807, 2.05) is 4.72 Å². The Morgan fingerprint density at radius 3 is 2.26 bits per heavy atom. The molecular formula is C11H14F2N2O2S2. The molecule has 19 heavy (non-hydrogen) atoms. The lowest BCUT2D eigenvalue weighted by molar-refractivity contribution is 0.351. The van der Waals surface area contributed by atoms with Crippen LogP contribution in [0.15, 0.2) is 29.2 Å². The molecule has 0 amide bonds. The van der Waals surface area contributed by atoms with Gasteiger partial charge in [-0.3, -0.25) is 9.11 Å². The molecule has 4 nitrogen and oxygen atoms in total. The highest BCUT2D eigenvalue weighted by molar-refractivity contribution is 7.91. The van der Waals surface area contributed by atoms with Crippen LogP contribution < -0.4 is 10.3 Å². The molecule has 0 bridgehead atoms. The first-order valence-electron chi connectivity index (χ1n) is 5.33. The predicted octanol–water partition coefficient (Wildman–Crippen LogP) is 1.97. The average molecular weight is 308 g/mol. The highest BCUT2D eigenvalue weighted by Gasteiger charge is 2.22. The Morgan fingerprint density at radius 2 is 1.84 bits per heavy atom. The van der Waals surface area contributed by atoms with Crippen molar-refractivity contribution in [3.63, 3.8) is 0 Å². The van der Waals surface area contributed by atoms with Gasteiger partial charge in [0.2, 0.25) is 5.11 Å². The number of hydrogen-bond donors (Lipinski definition) is 2. The molecule has 8 heteroatoms. The smallest absolute Gasteiger partial charge is 0.254 e. The van der Waals surface area contributed by atoms with Crippen molar-refractivity contribution in [2.45, 2.75) is 24.2 Å². The van der Waals surface area contributed by atoms with Crippen molar-refractivity contribution < 1.29 is 17.3 Å². The summed E-state index contributed by atoms with van der Waals surface area (Å²) in [6, 6.07) is 5.66. The molecule has 0 aromatic heterocycles. The van der Waals surface area contributed by atoms with Crippen molar-refractivity contribution in [1.29, 1.82) is 0 Å². The van der Waals surface area contributed by atoms with Gasteiger partial charge < -0.3 is 0 Å². The van der Waals surface area contributed by atoms with Gasteiger partial charge in [-0.15, -0.1) is 4.48 Å². The molecule has 0 spiro atoms. The minimum atomic E-state index is -3.93. The van der Waals surface area contributed by atoms with Gasteiger partial charge in [0.15, 0.2) is 0 Å². The van der Waals surface area contributed by atoms with E-state index in [0.717, 1.165) is 5.54 Å². The topological polar surface area (TPSA) is 58.2 Å². The first-order valence-corrected chi connectivity index (χ1v) is 7.22. The van der Waals surface area contributed by atoms with Gasteiger partial charge in [0.05, 0.1) is 11.6 Å². The van der Waals surface area contributed by atoms with E-state index in [2.05, 4.69) is 12.2 Å². The van der Waals surface area contributed by atoms with Crippen molar-refractivity contribution >= 4 is 27.4 Å². The van der Waals surface area contributed by atoms with Gasteiger partial charge in [-0.05, 0) is 29.9 Å². The van der Waals surface area contributed by atoms with Crippen LogP contribution in [0.2, 0.25) is 0 Å². The summed E-state index contributed by atoms with van der Waals surface area (Å²) in [7, 11) is -3.93. The summed E-state index contributed by atoms with van der Waals surface area (Å²) in [5, 5.41) is -0.645. The molecule has 0 saturated heterocycles. The summed E-state index contributed by atoms with van der Waals surface area (Å²) >= 11 is 4.38. The van der Waals surface area contributed by atoms with Gasteiger partial charge in [0.1, 0.15) is 0 Å². The Bertz CT molecular complexity index is 557. The standard InChI is InChI=1S/C11H14F2N2O2S2/c1-11(2,7-12)8-3-5-9(6-4-8)19(16,17)15-10(18)14-13/h3-6H,7H2,1-2H3,(H2,14,15,18). The first-order chi connectivity index (χ1) is 8.73. The van der Waals surface area contributed by atoms with Gasteiger partial charge >= 0.3 is 0 Å². The minimum absolute atomic E-state index is 0.0801. The van der Waals surface area contributed by atoms with Crippen LogP contribution in [0, 0.1) is 0 Å². The van der Waals surface area contributed by atoms with Gasteiger partial charge in [0.25, 0.3) is 10.0 Å². The maximum absolute atomic E-state index is 12.8. The van der Waals surface area contributed by atoms with E-state index < -0.39 is 27.2 Å². The molecule has 1 rings (SSSR count). The quantitative estimate of drug-likeness (QED) is 0.659. The van der Waals surface area contributed by atoms with Gasteiger partial charge in [-0.1, -0.05) is 26.0 Å². The molecule has 0 radical (unpaired) electrons. The van der Waals surface area contributed by atoms with Crippen molar-refractivity contribution in [1.82, 2.24) is 10.3 Å². The Labute approximate surface area is 116 Å². The summed E-state index contributed by atoms with van der Waals surface area (Å²) in [6.45, 7) is 2.85. The van der Waals surface area contributed by atoms with Gasteiger partial charge in [0, 0.05) is 5.41 Å². The van der Waals surface area contributed by atoms with E-state index in [-0.39, 0.29) is 4.90 Å². The number of thiocarbonyl (C=S) groups is 1. The van der Waals surface area contributed by atoms with Gasteiger partial charge in [-0.25, -0.2) is 8.42 Å². The monoisotopic (exact) mass is 308 g/mol. The molecule has 0 fully saturated rings. The number of sulfonamides is 1. The van der Waals surface area contributed by atoms with E-state index in [9.17, 15) is 17.3 Å². The molecule has 2 N–H and O–H groups in total. The maximum atomic E-state index is 12.8. The lowest BCUT2D eigenvalue weighted by Gasteiger charge is -2.21. The van der Waals surface area contributed by atoms with Crippen molar-refractivity contribution in [3.8, 4) is 0 Å². The van der Waals surface area contributed by atoms with Crippen LogP contribution in [0.5, 0.6) is 0 Å². The molecule has 1 aromatic rings. The number of halogens is 2. The van der Waals surface area contributed by atoms with E-state index in [1.165, 1.54) is 24.3 Å². The Hall–Kier alpha value is -1.28. The molecule has 0 aliphatic carbocycles. The zero-order valence-corrected chi connectivity index (χ0v) is 12.0. The van der Waals surface area contributed by atoms with E-state index in [4.69, 9.17) is 0 Å². The second-order valence-electron chi connectivity index (χ2n) is 4.57. The van der Waals surface area contributed by atoms with E-state index >= 15 is 0 Å². The molecule has 0 saturated carbocycles. The van der Waals surface area contributed by atoms with Crippen LogP contribution in [0.1, 0.15) is 19.4 Å². The molecule has 0 aliphatic heterocycles. The highest BCUT2D eigenvalue weighted by atomic mass is 32.2. The Morgan fingerprint density at radius 1 is 1.32 bits per heavy atom. The third-order valence-electron chi connectivity index (χ3n) is 2.59. The zero-order chi connectivity index (χ0) is 14.7. The normalized spacial score (nSPS) is 12.0. The second kappa shape index (κ2) is 5.79. The predicted molar refractivity (Wildman–Crippen MR) is 72.6 cm³/mol. The fourth-order valence-corrected chi connectivity index (χ4v) is 2.59. The van der Waals surface area contributed by atoms with Crippen LogP contribution in [0.3, 0.4) is 0 Å². The Kier molecular flexibility index (Phi) is 4.81. The number of hydrogen-bond acceptors (Lipinski definition) is 3. The fourth-order valence-electron chi connectivity index (χ4n) is 1.36. The van der Waals surface area contributed by atoms with Crippen molar-refractivity contribution in [2.75, 3.05) is 6.67 Å². The summed E-state index contributed by atoms with van der Waals surface area (Å²) in [6.07, 6.45) is 0. The fraction of sp³-hybridized carbons (Fsp3) is 0.364. The first kappa shape index (κ1) is 15.8. The summed E-state index contributed by atoms with van der Waals surface area (Å²) in [5.74, 6) is 0. The molecular weight excluding hydrogens is 294 g/mol. The SMILES string of the molecule is CC(C)(CF)c1ccc(S(=O)(=O)NC(=S)NF)cc1. The Balaban J connectivity index is 3.02. The molecule has 0 unspecified atom stereocenters. The number of nitrogens with one attached hydrogen (secondary N) is 2. The summed E-state index contributed by atoms with van der Waals surface area (Å²) < 4.78 is 50.1. The maximum Gasteiger partial charge on any atom is 0.263 e. The third-order valence-corrected chi connectivity index (χ3v) is 4.27. The molecule has 1 aromatic carbocycles. The van der Waals surface area contributed by atoms with E-state index in [0.29, 0.717) is 5.56 Å². The molecule has 0 atom stereocenters. The summed E-state index contributed by atoms with van der Waals surface area (Å²) in [4.78, 5) is -0.0801. The molecule has 0 aliphatic rings. The van der Waals surface area contributed by atoms with Crippen LogP contribution in [0.4, 0.5) is 8.87 Å². The van der Waals surface area contributed by atoms with Crippen molar-refractivity contribution in [3.05, 3.63) is 29.8 Å².